The summed E-state index contributed by atoms with van der Waals surface area (Å²) in [5.74, 6) is -1.05. The molecule has 2 heterocycles. The molecular weight excluding hydrogens is 366 g/mol. The van der Waals surface area contributed by atoms with Gasteiger partial charge in [-0.1, -0.05) is 0 Å². The monoisotopic (exact) mass is 385 g/mol. The van der Waals surface area contributed by atoms with E-state index in [9.17, 15) is 14.7 Å². The lowest BCUT2D eigenvalue weighted by atomic mass is 10.1. The van der Waals surface area contributed by atoms with Gasteiger partial charge in [0.15, 0.2) is 0 Å². The number of hydrogen-bond acceptors (Lipinski definition) is 5. The van der Waals surface area contributed by atoms with Gasteiger partial charge in [-0.25, -0.2) is 9.59 Å². The lowest BCUT2D eigenvalue weighted by molar-refractivity contribution is -0.143. The smallest absolute Gasteiger partial charge is 0.411 e. The molecule has 0 unspecified atom stereocenters. The minimum Gasteiger partial charge on any atom is -0.480 e. The minimum atomic E-state index is -1.05. The number of amides is 1. The van der Waals surface area contributed by atoms with Gasteiger partial charge in [0.1, 0.15) is 11.6 Å². The van der Waals surface area contributed by atoms with E-state index in [-0.39, 0.29) is 13.1 Å². The molecule has 7 nitrogen and oxygen atoms in total. The van der Waals surface area contributed by atoms with Gasteiger partial charge in [-0.2, -0.15) is 0 Å². The zero-order chi connectivity index (χ0) is 17.2. The Morgan fingerprint density at radius 3 is 2.65 bits per heavy atom. The average Bonchev–Trinajstić information content (AvgIpc) is 2.45. The Balaban J connectivity index is 2.17. The molecule has 1 N–H and O–H groups in total. The number of hydrogen-bond donors (Lipinski definition) is 1. The molecule has 2 rings (SSSR count). The van der Waals surface area contributed by atoms with Crippen LogP contribution in [0.3, 0.4) is 0 Å². The molecule has 0 radical (unpaired) electrons. The minimum absolute atomic E-state index is 0.192. The van der Waals surface area contributed by atoms with Crippen molar-refractivity contribution in [2.45, 2.75) is 32.4 Å². The lowest BCUT2D eigenvalue weighted by Gasteiger charge is -2.40. The van der Waals surface area contributed by atoms with E-state index in [1.165, 1.54) is 4.90 Å². The van der Waals surface area contributed by atoms with E-state index in [1.54, 1.807) is 33.2 Å². The molecule has 1 aliphatic heterocycles. The van der Waals surface area contributed by atoms with Gasteiger partial charge in [-0.15, -0.1) is 0 Å². The first-order valence-corrected chi connectivity index (χ1v) is 8.05. The van der Waals surface area contributed by atoms with Crippen molar-refractivity contribution in [1.29, 1.82) is 0 Å². The highest BCUT2D eigenvalue weighted by atomic mass is 79.9. The third-order valence-electron chi connectivity index (χ3n) is 3.39. The Bertz CT molecular complexity index is 603. The summed E-state index contributed by atoms with van der Waals surface area (Å²) in [6.45, 7) is 6.25. The summed E-state index contributed by atoms with van der Waals surface area (Å²) in [7, 11) is 0. The van der Waals surface area contributed by atoms with Gasteiger partial charge in [0, 0.05) is 32.0 Å². The van der Waals surface area contributed by atoms with Crippen LogP contribution in [-0.4, -0.2) is 58.3 Å². The van der Waals surface area contributed by atoms with Crippen LogP contribution < -0.4 is 4.90 Å². The van der Waals surface area contributed by atoms with E-state index in [0.717, 1.165) is 10.2 Å². The molecule has 0 bridgehead atoms. The number of carbonyl (C=O) groups is 2. The average molecular weight is 386 g/mol. The van der Waals surface area contributed by atoms with E-state index < -0.39 is 23.7 Å². The number of aliphatic carboxylic acids is 1. The quantitative estimate of drug-likeness (QED) is 0.840. The van der Waals surface area contributed by atoms with E-state index in [2.05, 4.69) is 20.9 Å². The first-order valence-electron chi connectivity index (χ1n) is 7.26. The molecule has 1 aromatic heterocycles. The van der Waals surface area contributed by atoms with E-state index in [4.69, 9.17) is 4.74 Å². The highest BCUT2D eigenvalue weighted by molar-refractivity contribution is 9.10. The molecule has 1 fully saturated rings. The number of nitrogens with zero attached hydrogens (tertiary/aromatic N) is 3. The van der Waals surface area contributed by atoms with Gasteiger partial charge in [0.25, 0.3) is 0 Å². The first kappa shape index (κ1) is 17.5. The van der Waals surface area contributed by atoms with Gasteiger partial charge in [-0.05, 0) is 42.8 Å². The Kier molecular flexibility index (Phi) is 5.13. The molecule has 1 aromatic rings. The van der Waals surface area contributed by atoms with Crippen molar-refractivity contribution < 1.29 is 19.4 Å². The van der Waals surface area contributed by atoms with Crippen LogP contribution in [0, 0.1) is 0 Å². The third-order valence-corrected chi connectivity index (χ3v) is 4.00. The number of aromatic nitrogens is 1. The van der Waals surface area contributed by atoms with Crippen molar-refractivity contribution in [3.05, 3.63) is 22.9 Å². The van der Waals surface area contributed by atoms with Gasteiger partial charge in [0.2, 0.25) is 0 Å². The highest BCUT2D eigenvalue weighted by Gasteiger charge is 2.38. The maximum Gasteiger partial charge on any atom is 0.411 e. The van der Waals surface area contributed by atoms with Crippen LogP contribution in [0.5, 0.6) is 0 Å². The predicted molar refractivity (Wildman–Crippen MR) is 88.5 cm³/mol. The Hall–Kier alpha value is -1.83. The number of rotatable bonds is 2. The van der Waals surface area contributed by atoms with E-state index in [0.29, 0.717) is 6.54 Å². The van der Waals surface area contributed by atoms with E-state index in [1.807, 2.05) is 11.0 Å². The molecule has 1 atom stereocenters. The standard InChI is InChI=1S/C15H20BrN3O4/c1-15(2,3)23-14(22)19-7-6-18(9-12(19)13(20)21)11-4-5-17-8-10(11)16/h4-5,8,12H,6-7,9H2,1-3H3,(H,20,21)/t12-/m0/s1. The van der Waals surface area contributed by atoms with Crippen LogP contribution in [0.25, 0.3) is 0 Å². The maximum atomic E-state index is 12.2. The predicted octanol–water partition coefficient (Wildman–Crippen LogP) is 2.35. The van der Waals surface area contributed by atoms with Crippen molar-refractivity contribution in [3.8, 4) is 0 Å². The molecule has 0 aliphatic carbocycles. The molecule has 0 aromatic carbocycles. The van der Waals surface area contributed by atoms with Crippen molar-refractivity contribution >= 4 is 33.7 Å². The fraction of sp³-hybridized carbons (Fsp3) is 0.533. The van der Waals surface area contributed by atoms with Crippen molar-refractivity contribution in [2.75, 3.05) is 24.5 Å². The second-order valence-electron chi connectivity index (χ2n) is 6.30. The fourth-order valence-corrected chi connectivity index (χ4v) is 2.88. The molecule has 0 spiro atoms. The molecule has 23 heavy (non-hydrogen) atoms. The molecular formula is C15H20BrN3O4. The number of piperazine rings is 1. The molecule has 1 saturated heterocycles. The van der Waals surface area contributed by atoms with Gasteiger partial charge in [-0.3, -0.25) is 9.88 Å². The Morgan fingerprint density at radius 2 is 2.09 bits per heavy atom. The Morgan fingerprint density at radius 1 is 1.39 bits per heavy atom. The molecule has 126 valence electrons. The number of pyridine rings is 1. The molecule has 1 aliphatic rings. The number of ether oxygens (including phenoxy) is 1. The fourth-order valence-electron chi connectivity index (χ4n) is 2.38. The van der Waals surface area contributed by atoms with Crippen LogP contribution in [-0.2, 0) is 9.53 Å². The maximum absolute atomic E-state index is 12.2. The van der Waals surface area contributed by atoms with Crippen LogP contribution in [0.1, 0.15) is 20.8 Å². The summed E-state index contributed by atoms with van der Waals surface area (Å²) in [6.07, 6.45) is 2.71. The van der Waals surface area contributed by atoms with E-state index >= 15 is 0 Å². The van der Waals surface area contributed by atoms with Crippen molar-refractivity contribution in [3.63, 3.8) is 0 Å². The first-order chi connectivity index (χ1) is 10.7. The number of halogens is 1. The van der Waals surface area contributed by atoms with Crippen LogP contribution in [0.15, 0.2) is 22.9 Å². The zero-order valence-electron chi connectivity index (χ0n) is 13.3. The van der Waals surface area contributed by atoms with Crippen LogP contribution in [0.2, 0.25) is 0 Å². The summed E-state index contributed by atoms with van der Waals surface area (Å²) in [5.41, 5.74) is 0.195. The number of carboxylic acid groups (broad SMARTS) is 1. The zero-order valence-corrected chi connectivity index (χ0v) is 14.9. The normalized spacial score (nSPS) is 18.7. The summed E-state index contributed by atoms with van der Waals surface area (Å²) >= 11 is 3.42. The summed E-state index contributed by atoms with van der Waals surface area (Å²) < 4.78 is 6.10. The lowest BCUT2D eigenvalue weighted by Crippen LogP contribution is -2.59. The highest BCUT2D eigenvalue weighted by Crippen LogP contribution is 2.27. The van der Waals surface area contributed by atoms with Crippen LogP contribution >= 0.6 is 15.9 Å². The van der Waals surface area contributed by atoms with Crippen LogP contribution in [0.4, 0.5) is 10.5 Å². The van der Waals surface area contributed by atoms with Crippen molar-refractivity contribution in [2.24, 2.45) is 0 Å². The second kappa shape index (κ2) is 6.74. The molecule has 8 heteroatoms. The summed E-state index contributed by atoms with van der Waals surface area (Å²) in [4.78, 5) is 31.0. The number of carboxylic acids is 1. The van der Waals surface area contributed by atoms with Gasteiger partial charge < -0.3 is 14.7 Å². The summed E-state index contributed by atoms with van der Waals surface area (Å²) in [5, 5.41) is 9.49. The van der Waals surface area contributed by atoms with Gasteiger partial charge >= 0.3 is 12.1 Å². The number of carbonyl (C=O) groups excluding carboxylic acids is 1. The topological polar surface area (TPSA) is 83.0 Å². The van der Waals surface area contributed by atoms with Gasteiger partial charge in [0.05, 0.1) is 10.2 Å². The Labute approximate surface area is 143 Å². The molecule has 0 saturated carbocycles. The SMILES string of the molecule is CC(C)(C)OC(=O)N1CCN(c2ccncc2Br)C[C@H]1C(=O)O. The second-order valence-corrected chi connectivity index (χ2v) is 7.16. The number of anilines is 1. The third kappa shape index (κ3) is 4.34. The molecule has 1 amide bonds. The summed E-state index contributed by atoms with van der Waals surface area (Å²) in [6, 6.07) is 0.852. The largest absolute Gasteiger partial charge is 0.480 e. The van der Waals surface area contributed by atoms with Crippen molar-refractivity contribution in [1.82, 2.24) is 9.88 Å².